The molecule has 4 rings (SSSR count). The Labute approximate surface area is 220 Å². The quantitative estimate of drug-likeness (QED) is 0.208. The first-order chi connectivity index (χ1) is 17.9. The van der Waals surface area contributed by atoms with Crippen molar-refractivity contribution in [3.63, 3.8) is 0 Å². The fraction of sp³-hybridized carbons (Fsp3) is 0.167. The van der Waals surface area contributed by atoms with E-state index < -0.39 is 6.61 Å². The molecule has 0 radical (unpaired) electrons. The molecule has 0 saturated heterocycles. The number of hydrogen-bond donors (Lipinski definition) is 3. The van der Waals surface area contributed by atoms with Crippen molar-refractivity contribution in [3.05, 3.63) is 112 Å². The zero-order valence-corrected chi connectivity index (χ0v) is 20.9. The second-order valence-electron chi connectivity index (χ2n) is 8.81. The lowest BCUT2D eigenvalue weighted by molar-refractivity contribution is -0.117. The van der Waals surface area contributed by atoms with Crippen LogP contribution in [0.15, 0.2) is 78.9 Å². The van der Waals surface area contributed by atoms with Crippen LogP contribution in [0.3, 0.4) is 0 Å². The van der Waals surface area contributed by atoms with E-state index >= 15 is 0 Å². The van der Waals surface area contributed by atoms with Crippen LogP contribution in [-0.4, -0.2) is 35.4 Å². The van der Waals surface area contributed by atoms with Crippen LogP contribution in [0, 0.1) is 0 Å². The van der Waals surface area contributed by atoms with Crippen LogP contribution in [0.2, 0.25) is 5.02 Å². The van der Waals surface area contributed by atoms with Crippen molar-refractivity contribution in [2.24, 2.45) is 0 Å². The van der Waals surface area contributed by atoms with Gasteiger partial charge in [0.05, 0.1) is 0 Å². The summed E-state index contributed by atoms with van der Waals surface area (Å²) in [6.07, 6.45) is 7.00. The molecule has 2 amide bonds. The van der Waals surface area contributed by atoms with Gasteiger partial charge in [-0.15, -0.1) is 0 Å². The summed E-state index contributed by atoms with van der Waals surface area (Å²) in [5.41, 5.74) is 4.26. The van der Waals surface area contributed by atoms with Gasteiger partial charge in [0, 0.05) is 34.8 Å². The number of Topliss-reactive ketones (excluding diaryl/α,β-unsaturated/α-hetero) is 1. The Bertz CT molecular complexity index is 1340. The summed E-state index contributed by atoms with van der Waals surface area (Å²) in [4.78, 5) is 36.6. The van der Waals surface area contributed by atoms with Gasteiger partial charge in [0.25, 0.3) is 5.91 Å². The van der Waals surface area contributed by atoms with Crippen LogP contribution in [0.1, 0.15) is 45.5 Å². The molecule has 0 aromatic heterocycles. The third kappa shape index (κ3) is 7.74. The summed E-state index contributed by atoms with van der Waals surface area (Å²) >= 11 is 6.16. The minimum absolute atomic E-state index is 0.125. The van der Waals surface area contributed by atoms with Crippen LogP contribution >= 0.6 is 11.6 Å². The number of benzene rings is 3. The molecular formula is C30H27ClN2O4. The van der Waals surface area contributed by atoms with Crippen molar-refractivity contribution >= 4 is 46.9 Å². The largest absolute Gasteiger partial charge is 0.388 e. The Morgan fingerprint density at radius 2 is 1.62 bits per heavy atom. The van der Waals surface area contributed by atoms with Gasteiger partial charge in [0.1, 0.15) is 6.61 Å². The molecule has 37 heavy (non-hydrogen) atoms. The molecule has 3 aromatic rings. The molecule has 7 heteroatoms. The van der Waals surface area contributed by atoms with Gasteiger partial charge >= 0.3 is 0 Å². The zero-order valence-electron chi connectivity index (χ0n) is 20.1. The number of halogens is 1. The maximum Gasteiger partial charge on any atom is 0.252 e. The minimum atomic E-state index is -0.531. The fourth-order valence-corrected chi connectivity index (χ4v) is 3.81. The molecular weight excluding hydrogens is 488 g/mol. The standard InChI is InChI=1S/C30H27ClN2O4/c31-25-3-1-2-24(17-25)27(30(37)33-26-13-14-26)16-21-6-4-20(5-7-21)10-15-29(36)32-18-22-8-11-23(12-9-22)28(35)19-34/h1-12,15-17,26,34H,13-14,18-19H2,(H,32,36)(H,33,37)/b15-10+,27-16+. The predicted octanol–water partition coefficient (Wildman–Crippen LogP) is 4.66. The molecule has 188 valence electrons. The summed E-state index contributed by atoms with van der Waals surface area (Å²) in [5, 5.41) is 15.3. The Morgan fingerprint density at radius 3 is 2.27 bits per heavy atom. The Hall–Kier alpha value is -4.00. The first-order valence-electron chi connectivity index (χ1n) is 12.0. The van der Waals surface area contributed by atoms with Gasteiger partial charge in [-0.3, -0.25) is 14.4 Å². The fourth-order valence-electron chi connectivity index (χ4n) is 3.62. The van der Waals surface area contributed by atoms with E-state index in [-0.39, 0.29) is 23.6 Å². The molecule has 0 spiro atoms. The van der Waals surface area contributed by atoms with Crippen LogP contribution in [0.4, 0.5) is 0 Å². The molecule has 6 nitrogen and oxygen atoms in total. The molecule has 1 saturated carbocycles. The number of rotatable bonds is 10. The first-order valence-corrected chi connectivity index (χ1v) is 12.4. The molecule has 1 aliphatic rings. The second-order valence-corrected chi connectivity index (χ2v) is 9.25. The topological polar surface area (TPSA) is 95.5 Å². The number of carbonyl (C=O) groups excluding carboxylic acids is 3. The van der Waals surface area contributed by atoms with Gasteiger partial charge in [-0.25, -0.2) is 0 Å². The highest BCUT2D eigenvalue weighted by atomic mass is 35.5. The molecule has 1 fully saturated rings. The van der Waals surface area contributed by atoms with E-state index in [0.717, 1.165) is 35.1 Å². The summed E-state index contributed by atoms with van der Waals surface area (Å²) in [5.74, 6) is -0.721. The molecule has 0 heterocycles. The van der Waals surface area contributed by atoms with E-state index in [4.69, 9.17) is 16.7 Å². The Balaban J connectivity index is 1.38. The summed E-state index contributed by atoms with van der Waals surface area (Å²) < 4.78 is 0. The average molecular weight is 515 g/mol. The van der Waals surface area contributed by atoms with Crippen molar-refractivity contribution in [1.29, 1.82) is 0 Å². The smallest absolute Gasteiger partial charge is 0.252 e. The van der Waals surface area contributed by atoms with E-state index in [1.165, 1.54) is 6.08 Å². The second kappa shape index (κ2) is 12.3. The Kier molecular flexibility index (Phi) is 8.67. The minimum Gasteiger partial charge on any atom is -0.388 e. The van der Waals surface area contributed by atoms with Crippen LogP contribution in [0.5, 0.6) is 0 Å². The first kappa shape index (κ1) is 26.1. The molecule has 0 unspecified atom stereocenters. The van der Waals surface area contributed by atoms with Crippen molar-refractivity contribution < 1.29 is 19.5 Å². The molecule has 3 N–H and O–H groups in total. The number of carbonyl (C=O) groups is 3. The number of amides is 2. The lowest BCUT2D eigenvalue weighted by Gasteiger charge is -2.10. The molecule has 0 aliphatic heterocycles. The molecule has 3 aromatic carbocycles. The number of aliphatic hydroxyl groups is 1. The molecule has 1 aliphatic carbocycles. The third-order valence-electron chi connectivity index (χ3n) is 5.85. The Morgan fingerprint density at radius 1 is 0.919 bits per heavy atom. The lowest BCUT2D eigenvalue weighted by atomic mass is 10.0. The van der Waals surface area contributed by atoms with Gasteiger partial charge in [-0.2, -0.15) is 0 Å². The van der Waals surface area contributed by atoms with Crippen LogP contribution in [-0.2, 0) is 16.1 Å². The number of ketones is 1. The van der Waals surface area contributed by atoms with Crippen molar-refractivity contribution in [3.8, 4) is 0 Å². The molecule has 0 atom stereocenters. The van der Waals surface area contributed by atoms with Crippen molar-refractivity contribution in [1.82, 2.24) is 10.6 Å². The number of aliphatic hydroxyl groups excluding tert-OH is 1. The summed E-state index contributed by atoms with van der Waals surface area (Å²) in [6.45, 7) is -0.216. The van der Waals surface area contributed by atoms with Gasteiger partial charge < -0.3 is 15.7 Å². The van der Waals surface area contributed by atoms with Gasteiger partial charge in [0.15, 0.2) is 5.78 Å². The number of nitrogens with one attached hydrogen (secondary N) is 2. The normalized spacial score (nSPS) is 13.4. The highest BCUT2D eigenvalue weighted by Crippen LogP contribution is 2.25. The summed E-state index contributed by atoms with van der Waals surface area (Å²) in [7, 11) is 0. The van der Waals surface area contributed by atoms with Gasteiger partial charge in [0.2, 0.25) is 5.91 Å². The predicted molar refractivity (Wildman–Crippen MR) is 146 cm³/mol. The maximum atomic E-state index is 12.9. The SMILES string of the molecule is O=C(/C=C/c1ccc(/C=C(/C(=O)NC2CC2)c2cccc(Cl)c2)cc1)NCc1ccc(C(=O)CO)cc1. The average Bonchev–Trinajstić information content (AvgIpc) is 3.73. The van der Waals surface area contributed by atoms with Crippen LogP contribution in [0.25, 0.3) is 17.7 Å². The molecule has 0 bridgehead atoms. The van der Waals surface area contributed by atoms with E-state index in [0.29, 0.717) is 22.7 Å². The highest BCUT2D eigenvalue weighted by molar-refractivity contribution is 6.31. The maximum absolute atomic E-state index is 12.9. The van der Waals surface area contributed by atoms with Crippen molar-refractivity contribution in [2.45, 2.75) is 25.4 Å². The zero-order chi connectivity index (χ0) is 26.2. The van der Waals surface area contributed by atoms with Gasteiger partial charge in [-0.05, 0) is 59.4 Å². The van der Waals surface area contributed by atoms with E-state index in [9.17, 15) is 14.4 Å². The lowest BCUT2D eigenvalue weighted by Crippen LogP contribution is -2.26. The highest BCUT2D eigenvalue weighted by Gasteiger charge is 2.25. The van der Waals surface area contributed by atoms with Gasteiger partial charge in [-0.1, -0.05) is 72.3 Å². The monoisotopic (exact) mass is 514 g/mol. The van der Waals surface area contributed by atoms with Crippen LogP contribution < -0.4 is 10.6 Å². The third-order valence-corrected chi connectivity index (χ3v) is 6.09. The van der Waals surface area contributed by atoms with E-state index in [1.54, 1.807) is 42.5 Å². The van der Waals surface area contributed by atoms with Crippen molar-refractivity contribution in [2.75, 3.05) is 6.61 Å². The van der Waals surface area contributed by atoms with E-state index in [1.807, 2.05) is 42.5 Å². The number of hydrogen-bond acceptors (Lipinski definition) is 4. The summed E-state index contributed by atoms with van der Waals surface area (Å²) in [6, 6.07) is 21.7. The van der Waals surface area contributed by atoms with E-state index in [2.05, 4.69) is 10.6 Å².